The summed E-state index contributed by atoms with van der Waals surface area (Å²) in [6, 6.07) is 5.44. The molecule has 1 aliphatic carbocycles. The molecular formula is C15H20Cl2O. The molecule has 1 aliphatic rings. The zero-order chi connectivity index (χ0) is 13.1. The molecule has 0 saturated heterocycles. The van der Waals surface area contributed by atoms with E-state index in [9.17, 15) is 5.11 Å². The third kappa shape index (κ3) is 3.20. The Hall–Kier alpha value is -0.240. The summed E-state index contributed by atoms with van der Waals surface area (Å²) in [7, 11) is 0. The molecule has 100 valence electrons. The molecule has 3 heteroatoms. The first-order valence-corrected chi connectivity index (χ1v) is 7.50. The molecule has 1 aromatic rings. The van der Waals surface area contributed by atoms with Crippen LogP contribution in [0.1, 0.15) is 50.7 Å². The molecule has 0 radical (unpaired) electrons. The number of rotatable bonds is 3. The van der Waals surface area contributed by atoms with Crippen molar-refractivity contribution in [3.8, 4) is 0 Å². The van der Waals surface area contributed by atoms with E-state index in [1.165, 1.54) is 19.3 Å². The summed E-state index contributed by atoms with van der Waals surface area (Å²) in [6.07, 6.45) is 5.55. The second kappa shape index (κ2) is 6.27. The van der Waals surface area contributed by atoms with Gasteiger partial charge in [0.2, 0.25) is 0 Å². The Kier molecular flexibility index (Phi) is 4.94. The van der Waals surface area contributed by atoms with Gasteiger partial charge in [-0.2, -0.15) is 0 Å². The second-order valence-electron chi connectivity index (χ2n) is 5.31. The summed E-state index contributed by atoms with van der Waals surface area (Å²) in [6.45, 7) is 2.25. The minimum absolute atomic E-state index is 0.366. The number of hydrogen-bond acceptors (Lipinski definition) is 1. The van der Waals surface area contributed by atoms with Gasteiger partial charge in [0.05, 0.1) is 16.1 Å². The summed E-state index contributed by atoms with van der Waals surface area (Å²) < 4.78 is 0. The maximum Gasteiger partial charge on any atom is 0.0818 e. The first-order chi connectivity index (χ1) is 8.61. The summed E-state index contributed by atoms with van der Waals surface area (Å²) >= 11 is 11.9. The lowest BCUT2D eigenvalue weighted by Gasteiger charge is -2.31. The molecular weight excluding hydrogens is 267 g/mol. The minimum atomic E-state index is -0.405. The van der Waals surface area contributed by atoms with Crippen molar-refractivity contribution in [2.45, 2.75) is 45.1 Å². The van der Waals surface area contributed by atoms with Crippen molar-refractivity contribution in [1.29, 1.82) is 0 Å². The van der Waals surface area contributed by atoms with Crippen molar-refractivity contribution in [1.82, 2.24) is 0 Å². The molecule has 0 bridgehead atoms. The van der Waals surface area contributed by atoms with Crippen LogP contribution < -0.4 is 0 Å². The molecule has 18 heavy (non-hydrogen) atoms. The standard InChI is InChI=1S/C15H20Cl2O/c1-2-10-3-5-11(6-4-10)15(18)12-7-8-13(16)14(17)9-12/h7-11,15,18H,2-6H2,1H3. The summed E-state index contributed by atoms with van der Waals surface area (Å²) in [4.78, 5) is 0. The van der Waals surface area contributed by atoms with Gasteiger partial charge >= 0.3 is 0 Å². The summed E-state index contributed by atoms with van der Waals surface area (Å²) in [5.74, 6) is 1.22. The molecule has 1 aromatic carbocycles. The van der Waals surface area contributed by atoms with E-state index >= 15 is 0 Å². The Balaban J connectivity index is 2.03. The molecule has 1 fully saturated rings. The van der Waals surface area contributed by atoms with Crippen molar-refractivity contribution in [2.24, 2.45) is 11.8 Å². The number of aliphatic hydroxyl groups is 1. The molecule has 1 atom stereocenters. The average Bonchev–Trinajstić information content (AvgIpc) is 2.41. The van der Waals surface area contributed by atoms with E-state index < -0.39 is 6.10 Å². The smallest absolute Gasteiger partial charge is 0.0818 e. The van der Waals surface area contributed by atoms with E-state index in [2.05, 4.69) is 6.92 Å². The van der Waals surface area contributed by atoms with Gasteiger partial charge in [0.15, 0.2) is 0 Å². The maximum absolute atomic E-state index is 10.4. The van der Waals surface area contributed by atoms with Gasteiger partial charge in [-0.05, 0) is 42.4 Å². The van der Waals surface area contributed by atoms with Crippen LogP contribution in [0.15, 0.2) is 18.2 Å². The second-order valence-corrected chi connectivity index (χ2v) is 6.12. The van der Waals surface area contributed by atoms with Gasteiger partial charge in [0.25, 0.3) is 0 Å². The van der Waals surface area contributed by atoms with Crippen molar-refractivity contribution >= 4 is 23.2 Å². The summed E-state index contributed by atoms with van der Waals surface area (Å²) in [5.41, 5.74) is 0.893. The van der Waals surface area contributed by atoms with Gasteiger partial charge < -0.3 is 5.11 Å². The fourth-order valence-corrected chi connectivity index (χ4v) is 3.19. The molecule has 1 unspecified atom stereocenters. The van der Waals surface area contributed by atoms with E-state index in [4.69, 9.17) is 23.2 Å². The largest absolute Gasteiger partial charge is 0.388 e. The number of aliphatic hydroxyl groups excluding tert-OH is 1. The highest BCUT2D eigenvalue weighted by atomic mass is 35.5. The van der Waals surface area contributed by atoms with E-state index in [0.717, 1.165) is 24.3 Å². The molecule has 0 heterocycles. The highest BCUT2D eigenvalue weighted by molar-refractivity contribution is 6.42. The van der Waals surface area contributed by atoms with Crippen molar-refractivity contribution in [3.63, 3.8) is 0 Å². The first kappa shape index (κ1) is 14.2. The molecule has 1 nitrogen and oxygen atoms in total. The predicted octanol–water partition coefficient (Wildman–Crippen LogP) is 5.24. The van der Waals surface area contributed by atoms with Gasteiger partial charge in [-0.25, -0.2) is 0 Å². The van der Waals surface area contributed by atoms with Crippen LogP contribution in [-0.2, 0) is 0 Å². The van der Waals surface area contributed by atoms with Crippen LogP contribution in [-0.4, -0.2) is 5.11 Å². The Labute approximate surface area is 119 Å². The van der Waals surface area contributed by atoms with Crippen LogP contribution in [0.4, 0.5) is 0 Å². The van der Waals surface area contributed by atoms with Crippen molar-refractivity contribution < 1.29 is 5.11 Å². The zero-order valence-electron chi connectivity index (χ0n) is 10.7. The third-order valence-electron chi connectivity index (χ3n) is 4.20. The monoisotopic (exact) mass is 286 g/mol. The predicted molar refractivity (Wildman–Crippen MR) is 77.2 cm³/mol. The first-order valence-electron chi connectivity index (χ1n) is 6.74. The fourth-order valence-electron chi connectivity index (χ4n) is 2.88. The van der Waals surface area contributed by atoms with Gasteiger partial charge in [-0.1, -0.05) is 55.5 Å². The van der Waals surface area contributed by atoms with Crippen LogP contribution in [0.5, 0.6) is 0 Å². The number of hydrogen-bond donors (Lipinski definition) is 1. The molecule has 0 aliphatic heterocycles. The SMILES string of the molecule is CCC1CCC(C(O)c2ccc(Cl)c(Cl)c2)CC1. The lowest BCUT2D eigenvalue weighted by molar-refractivity contribution is 0.0729. The average molecular weight is 287 g/mol. The molecule has 1 saturated carbocycles. The topological polar surface area (TPSA) is 20.2 Å². The normalized spacial score (nSPS) is 26.0. The van der Waals surface area contributed by atoms with E-state index in [1.54, 1.807) is 12.1 Å². The highest BCUT2D eigenvalue weighted by Gasteiger charge is 2.26. The minimum Gasteiger partial charge on any atom is -0.388 e. The van der Waals surface area contributed by atoms with Gasteiger partial charge in [-0.15, -0.1) is 0 Å². The van der Waals surface area contributed by atoms with Gasteiger partial charge in [-0.3, -0.25) is 0 Å². The van der Waals surface area contributed by atoms with Crippen molar-refractivity contribution in [3.05, 3.63) is 33.8 Å². The molecule has 1 N–H and O–H groups in total. The highest BCUT2D eigenvalue weighted by Crippen LogP contribution is 2.38. The van der Waals surface area contributed by atoms with Crippen LogP contribution in [0.25, 0.3) is 0 Å². The molecule has 0 aromatic heterocycles. The Morgan fingerprint density at radius 1 is 1.17 bits per heavy atom. The molecule has 2 rings (SSSR count). The maximum atomic E-state index is 10.4. The lowest BCUT2D eigenvalue weighted by atomic mass is 9.77. The molecule has 0 amide bonds. The third-order valence-corrected chi connectivity index (χ3v) is 4.94. The lowest BCUT2D eigenvalue weighted by Crippen LogP contribution is -2.20. The summed E-state index contributed by atoms with van der Waals surface area (Å²) in [5, 5.41) is 11.5. The molecule has 0 spiro atoms. The van der Waals surface area contributed by atoms with E-state index in [0.29, 0.717) is 16.0 Å². The van der Waals surface area contributed by atoms with Crippen molar-refractivity contribution in [2.75, 3.05) is 0 Å². The van der Waals surface area contributed by atoms with Crippen LogP contribution >= 0.6 is 23.2 Å². The Bertz CT molecular complexity index is 397. The number of benzene rings is 1. The quantitative estimate of drug-likeness (QED) is 0.805. The fraction of sp³-hybridized carbons (Fsp3) is 0.600. The Morgan fingerprint density at radius 3 is 2.39 bits per heavy atom. The number of halogens is 2. The zero-order valence-corrected chi connectivity index (χ0v) is 12.2. The van der Waals surface area contributed by atoms with Crippen LogP contribution in [0.3, 0.4) is 0 Å². The Morgan fingerprint density at radius 2 is 1.83 bits per heavy atom. The van der Waals surface area contributed by atoms with Crippen LogP contribution in [0, 0.1) is 11.8 Å². The van der Waals surface area contributed by atoms with Crippen LogP contribution in [0.2, 0.25) is 10.0 Å². The van der Waals surface area contributed by atoms with Gasteiger partial charge in [0.1, 0.15) is 0 Å². The van der Waals surface area contributed by atoms with Gasteiger partial charge in [0, 0.05) is 0 Å². The van der Waals surface area contributed by atoms with E-state index in [1.807, 2.05) is 6.07 Å². The van der Waals surface area contributed by atoms with E-state index in [-0.39, 0.29) is 0 Å².